The number of fused-ring (bicyclic) bond motifs is 1. The molecular formula is C19H22N2O2. The number of amides is 1. The van der Waals surface area contributed by atoms with E-state index >= 15 is 0 Å². The van der Waals surface area contributed by atoms with Crippen molar-refractivity contribution in [3.05, 3.63) is 59.2 Å². The molecule has 0 spiro atoms. The van der Waals surface area contributed by atoms with E-state index < -0.39 is 0 Å². The van der Waals surface area contributed by atoms with Gasteiger partial charge in [0.05, 0.1) is 0 Å². The van der Waals surface area contributed by atoms with Crippen LogP contribution in [0, 0.1) is 0 Å². The summed E-state index contributed by atoms with van der Waals surface area (Å²) in [6.45, 7) is 0.843. The van der Waals surface area contributed by atoms with E-state index in [2.05, 4.69) is 28.8 Å². The molecule has 2 N–H and O–H groups in total. The second-order valence-corrected chi connectivity index (χ2v) is 5.87. The Morgan fingerprint density at radius 2 is 1.91 bits per heavy atom. The van der Waals surface area contributed by atoms with Gasteiger partial charge in [-0.25, -0.2) is 0 Å². The van der Waals surface area contributed by atoms with E-state index in [1.807, 2.05) is 24.3 Å². The Bertz CT molecular complexity index is 698. The molecule has 0 aromatic heterocycles. The van der Waals surface area contributed by atoms with Crippen LogP contribution in [-0.2, 0) is 28.9 Å². The lowest BCUT2D eigenvalue weighted by molar-refractivity contribution is -0.119. The van der Waals surface area contributed by atoms with Gasteiger partial charge in [-0.1, -0.05) is 24.3 Å². The van der Waals surface area contributed by atoms with Gasteiger partial charge in [0.2, 0.25) is 5.91 Å². The highest BCUT2D eigenvalue weighted by molar-refractivity contribution is 5.92. The minimum atomic E-state index is -0.150. The molecule has 3 rings (SSSR count). The van der Waals surface area contributed by atoms with Gasteiger partial charge in [-0.3, -0.25) is 4.79 Å². The third-order valence-electron chi connectivity index (χ3n) is 4.08. The zero-order valence-corrected chi connectivity index (χ0v) is 13.4. The number of carbonyl (C=O) groups is 1. The standard InChI is InChI=1S/C19H22N2O2/c1-23-13-19(22)21-18-7-3-6-17(11-18)20-12-14-8-9-15-4-2-5-16(15)10-14/h3,6-11,20H,2,4-5,12-13H2,1H3,(H,21,22). The first kappa shape index (κ1) is 15.6. The van der Waals surface area contributed by atoms with Crippen molar-refractivity contribution in [3.8, 4) is 0 Å². The van der Waals surface area contributed by atoms with Gasteiger partial charge >= 0.3 is 0 Å². The van der Waals surface area contributed by atoms with Gasteiger partial charge in [-0.15, -0.1) is 0 Å². The normalized spacial score (nSPS) is 12.7. The van der Waals surface area contributed by atoms with Crippen LogP contribution in [-0.4, -0.2) is 19.6 Å². The molecular weight excluding hydrogens is 288 g/mol. The average Bonchev–Trinajstić information content (AvgIpc) is 3.01. The maximum absolute atomic E-state index is 11.6. The van der Waals surface area contributed by atoms with Crippen LogP contribution in [0.5, 0.6) is 0 Å². The Balaban J connectivity index is 1.61. The number of rotatable bonds is 6. The first-order valence-electron chi connectivity index (χ1n) is 7.98. The quantitative estimate of drug-likeness (QED) is 0.860. The minimum absolute atomic E-state index is 0.0623. The summed E-state index contributed by atoms with van der Waals surface area (Å²) in [6, 6.07) is 14.5. The molecule has 0 radical (unpaired) electrons. The van der Waals surface area contributed by atoms with E-state index in [4.69, 9.17) is 4.74 Å². The highest BCUT2D eigenvalue weighted by Crippen LogP contribution is 2.23. The molecule has 1 aliphatic rings. The van der Waals surface area contributed by atoms with Gasteiger partial charge in [0, 0.05) is 25.0 Å². The summed E-state index contributed by atoms with van der Waals surface area (Å²) in [7, 11) is 1.51. The average molecular weight is 310 g/mol. The monoisotopic (exact) mass is 310 g/mol. The van der Waals surface area contributed by atoms with Crippen LogP contribution in [0.25, 0.3) is 0 Å². The van der Waals surface area contributed by atoms with Crippen LogP contribution in [0.2, 0.25) is 0 Å². The molecule has 1 amide bonds. The summed E-state index contributed by atoms with van der Waals surface area (Å²) >= 11 is 0. The van der Waals surface area contributed by atoms with Gasteiger partial charge in [0.15, 0.2) is 0 Å². The van der Waals surface area contributed by atoms with Crippen LogP contribution < -0.4 is 10.6 Å². The van der Waals surface area contributed by atoms with Crippen molar-refractivity contribution in [1.82, 2.24) is 0 Å². The highest BCUT2D eigenvalue weighted by atomic mass is 16.5. The number of carbonyl (C=O) groups excluding carboxylic acids is 1. The number of aryl methyl sites for hydroxylation is 2. The maximum Gasteiger partial charge on any atom is 0.250 e. The van der Waals surface area contributed by atoms with E-state index in [0.29, 0.717) is 0 Å². The molecule has 0 saturated carbocycles. The molecule has 0 bridgehead atoms. The molecule has 2 aromatic rings. The van der Waals surface area contributed by atoms with E-state index in [1.54, 1.807) is 0 Å². The molecule has 2 aromatic carbocycles. The molecule has 1 aliphatic carbocycles. The molecule has 0 fully saturated rings. The van der Waals surface area contributed by atoms with Crippen LogP contribution in [0.15, 0.2) is 42.5 Å². The Morgan fingerprint density at radius 1 is 1.09 bits per heavy atom. The molecule has 0 unspecified atom stereocenters. The van der Waals surface area contributed by atoms with E-state index in [0.717, 1.165) is 17.9 Å². The van der Waals surface area contributed by atoms with Gasteiger partial charge < -0.3 is 15.4 Å². The lowest BCUT2D eigenvalue weighted by Gasteiger charge is -2.10. The smallest absolute Gasteiger partial charge is 0.250 e. The maximum atomic E-state index is 11.6. The first-order valence-corrected chi connectivity index (χ1v) is 7.98. The molecule has 0 heterocycles. The van der Waals surface area contributed by atoms with Gasteiger partial charge in [-0.05, 0) is 54.2 Å². The number of hydrogen-bond acceptors (Lipinski definition) is 3. The molecule has 0 saturated heterocycles. The van der Waals surface area contributed by atoms with Crippen molar-refractivity contribution in [2.24, 2.45) is 0 Å². The molecule has 0 aliphatic heterocycles. The predicted octanol–water partition coefficient (Wildman–Crippen LogP) is 3.37. The van der Waals surface area contributed by atoms with Crippen molar-refractivity contribution in [2.45, 2.75) is 25.8 Å². The number of anilines is 2. The molecule has 23 heavy (non-hydrogen) atoms. The zero-order valence-electron chi connectivity index (χ0n) is 13.4. The molecule has 4 nitrogen and oxygen atoms in total. The SMILES string of the molecule is COCC(=O)Nc1cccc(NCc2ccc3c(c2)CCC3)c1. The summed E-state index contributed by atoms with van der Waals surface area (Å²) in [5, 5.41) is 6.23. The lowest BCUT2D eigenvalue weighted by Crippen LogP contribution is -2.17. The largest absolute Gasteiger partial charge is 0.381 e. The minimum Gasteiger partial charge on any atom is -0.381 e. The highest BCUT2D eigenvalue weighted by Gasteiger charge is 2.10. The second kappa shape index (κ2) is 7.29. The van der Waals surface area contributed by atoms with E-state index in [-0.39, 0.29) is 12.5 Å². The number of ether oxygens (including phenoxy) is 1. The van der Waals surface area contributed by atoms with Crippen molar-refractivity contribution in [3.63, 3.8) is 0 Å². The number of benzene rings is 2. The van der Waals surface area contributed by atoms with Gasteiger partial charge in [0.25, 0.3) is 0 Å². The van der Waals surface area contributed by atoms with Crippen molar-refractivity contribution in [1.29, 1.82) is 0 Å². The number of hydrogen-bond donors (Lipinski definition) is 2. The Morgan fingerprint density at radius 3 is 2.78 bits per heavy atom. The van der Waals surface area contributed by atoms with Gasteiger partial charge in [0.1, 0.15) is 6.61 Å². The fourth-order valence-corrected chi connectivity index (χ4v) is 2.97. The van der Waals surface area contributed by atoms with Crippen LogP contribution in [0.3, 0.4) is 0 Å². The van der Waals surface area contributed by atoms with Crippen LogP contribution in [0.4, 0.5) is 11.4 Å². The molecule has 4 heteroatoms. The van der Waals surface area contributed by atoms with E-state index in [9.17, 15) is 4.79 Å². The van der Waals surface area contributed by atoms with Crippen molar-refractivity contribution < 1.29 is 9.53 Å². The van der Waals surface area contributed by atoms with Crippen molar-refractivity contribution in [2.75, 3.05) is 24.4 Å². The van der Waals surface area contributed by atoms with Crippen LogP contribution in [0.1, 0.15) is 23.1 Å². The van der Waals surface area contributed by atoms with Crippen LogP contribution >= 0.6 is 0 Å². The topological polar surface area (TPSA) is 50.4 Å². The second-order valence-electron chi connectivity index (χ2n) is 5.87. The third kappa shape index (κ3) is 4.11. The fourth-order valence-electron chi connectivity index (χ4n) is 2.97. The van der Waals surface area contributed by atoms with Gasteiger partial charge in [-0.2, -0.15) is 0 Å². The number of methoxy groups -OCH3 is 1. The number of nitrogens with one attached hydrogen (secondary N) is 2. The lowest BCUT2D eigenvalue weighted by atomic mass is 10.1. The molecule has 120 valence electrons. The zero-order chi connectivity index (χ0) is 16.1. The fraction of sp³-hybridized carbons (Fsp3) is 0.316. The molecule has 0 atom stereocenters. The van der Waals surface area contributed by atoms with E-state index in [1.165, 1.54) is 43.1 Å². The van der Waals surface area contributed by atoms with Crippen molar-refractivity contribution >= 4 is 17.3 Å². The third-order valence-corrected chi connectivity index (χ3v) is 4.08. The summed E-state index contributed by atoms with van der Waals surface area (Å²) < 4.78 is 4.82. The summed E-state index contributed by atoms with van der Waals surface area (Å²) in [6.07, 6.45) is 3.69. The summed E-state index contributed by atoms with van der Waals surface area (Å²) in [4.78, 5) is 11.6. The Kier molecular flexibility index (Phi) is 4.93. The Hall–Kier alpha value is -2.33. The summed E-state index contributed by atoms with van der Waals surface area (Å²) in [5.41, 5.74) is 6.03. The predicted molar refractivity (Wildman–Crippen MR) is 92.7 cm³/mol. The first-order chi connectivity index (χ1) is 11.2. The summed E-state index contributed by atoms with van der Waals surface area (Å²) in [5.74, 6) is -0.150. The Labute approximate surface area is 136 Å².